The third-order valence-electron chi connectivity index (χ3n) is 5.74. The van der Waals surface area contributed by atoms with Crippen molar-refractivity contribution in [2.75, 3.05) is 19.6 Å². The number of hydrogen-bond acceptors (Lipinski definition) is 2. The predicted octanol–water partition coefficient (Wildman–Crippen LogP) is 3.51. The molecule has 2 N–H and O–H groups in total. The standard InChI is InChI=1S/C17H34N2/c1-13(2)15-5-4-9-19(10-8-15)17-11-14(3)6-7-16(17)12-18/h13-17H,4-12,18H2,1-3H3. The Kier molecular flexibility index (Phi) is 5.70. The first-order chi connectivity index (χ1) is 9.11. The van der Waals surface area contributed by atoms with Gasteiger partial charge in [-0.05, 0) is 75.4 Å². The molecule has 1 saturated carbocycles. The molecule has 0 spiro atoms. The van der Waals surface area contributed by atoms with Gasteiger partial charge in [0.1, 0.15) is 0 Å². The highest BCUT2D eigenvalue weighted by atomic mass is 15.2. The molecule has 0 aromatic rings. The van der Waals surface area contributed by atoms with Gasteiger partial charge in [-0.2, -0.15) is 0 Å². The minimum Gasteiger partial charge on any atom is -0.330 e. The number of likely N-dealkylation sites (tertiary alicyclic amines) is 1. The van der Waals surface area contributed by atoms with Gasteiger partial charge in [-0.15, -0.1) is 0 Å². The van der Waals surface area contributed by atoms with E-state index in [1.807, 2.05) is 0 Å². The summed E-state index contributed by atoms with van der Waals surface area (Å²) in [6.07, 6.45) is 8.36. The second kappa shape index (κ2) is 7.08. The topological polar surface area (TPSA) is 29.3 Å². The van der Waals surface area contributed by atoms with Crippen LogP contribution in [0, 0.1) is 23.7 Å². The Hall–Kier alpha value is -0.0800. The van der Waals surface area contributed by atoms with Crippen LogP contribution in [0.25, 0.3) is 0 Å². The first-order valence-electron chi connectivity index (χ1n) is 8.56. The molecule has 1 aliphatic carbocycles. The molecule has 2 nitrogen and oxygen atoms in total. The highest BCUT2D eigenvalue weighted by molar-refractivity contribution is 4.88. The van der Waals surface area contributed by atoms with E-state index in [1.54, 1.807) is 0 Å². The summed E-state index contributed by atoms with van der Waals surface area (Å²) >= 11 is 0. The van der Waals surface area contributed by atoms with Gasteiger partial charge in [0, 0.05) is 6.04 Å². The number of rotatable bonds is 3. The van der Waals surface area contributed by atoms with Crippen LogP contribution in [0.2, 0.25) is 0 Å². The highest BCUT2D eigenvalue weighted by Gasteiger charge is 2.33. The van der Waals surface area contributed by atoms with Crippen molar-refractivity contribution in [1.82, 2.24) is 4.90 Å². The van der Waals surface area contributed by atoms with Crippen molar-refractivity contribution in [2.45, 2.75) is 65.3 Å². The van der Waals surface area contributed by atoms with Gasteiger partial charge < -0.3 is 10.6 Å². The Morgan fingerprint density at radius 2 is 1.89 bits per heavy atom. The van der Waals surface area contributed by atoms with E-state index in [9.17, 15) is 0 Å². The molecule has 0 amide bonds. The van der Waals surface area contributed by atoms with Gasteiger partial charge in [-0.3, -0.25) is 0 Å². The summed E-state index contributed by atoms with van der Waals surface area (Å²) in [4.78, 5) is 2.80. The van der Waals surface area contributed by atoms with Crippen LogP contribution in [0.4, 0.5) is 0 Å². The third-order valence-corrected chi connectivity index (χ3v) is 5.74. The van der Waals surface area contributed by atoms with Crippen molar-refractivity contribution in [1.29, 1.82) is 0 Å². The Morgan fingerprint density at radius 3 is 2.58 bits per heavy atom. The van der Waals surface area contributed by atoms with E-state index in [-0.39, 0.29) is 0 Å². The predicted molar refractivity (Wildman–Crippen MR) is 83.1 cm³/mol. The Morgan fingerprint density at radius 1 is 1.11 bits per heavy atom. The van der Waals surface area contributed by atoms with Gasteiger partial charge in [-0.1, -0.05) is 27.2 Å². The molecule has 2 rings (SSSR count). The van der Waals surface area contributed by atoms with E-state index in [0.717, 1.165) is 36.3 Å². The van der Waals surface area contributed by atoms with Crippen molar-refractivity contribution in [3.8, 4) is 0 Å². The molecular formula is C17H34N2. The fourth-order valence-corrected chi connectivity index (χ4v) is 4.28. The number of nitrogens with zero attached hydrogens (tertiary/aromatic N) is 1. The second-order valence-electron chi connectivity index (χ2n) is 7.45. The summed E-state index contributed by atoms with van der Waals surface area (Å²) in [6, 6.07) is 0.777. The average molecular weight is 266 g/mol. The fourth-order valence-electron chi connectivity index (χ4n) is 4.28. The summed E-state index contributed by atoms with van der Waals surface area (Å²) < 4.78 is 0. The first-order valence-corrected chi connectivity index (χ1v) is 8.56. The van der Waals surface area contributed by atoms with Crippen LogP contribution in [0.5, 0.6) is 0 Å². The van der Waals surface area contributed by atoms with Crippen molar-refractivity contribution >= 4 is 0 Å². The Bertz CT molecular complexity index is 264. The maximum Gasteiger partial charge on any atom is 0.0138 e. The second-order valence-corrected chi connectivity index (χ2v) is 7.45. The molecule has 1 aliphatic heterocycles. The van der Waals surface area contributed by atoms with Gasteiger partial charge in [0.25, 0.3) is 0 Å². The van der Waals surface area contributed by atoms with E-state index in [0.29, 0.717) is 0 Å². The molecule has 2 aliphatic rings. The molecule has 0 aromatic carbocycles. The minimum absolute atomic E-state index is 0.756. The molecule has 112 valence electrons. The monoisotopic (exact) mass is 266 g/mol. The smallest absolute Gasteiger partial charge is 0.0138 e. The zero-order valence-corrected chi connectivity index (χ0v) is 13.3. The van der Waals surface area contributed by atoms with E-state index >= 15 is 0 Å². The summed E-state index contributed by atoms with van der Waals surface area (Å²) in [6.45, 7) is 10.7. The molecule has 2 fully saturated rings. The van der Waals surface area contributed by atoms with Gasteiger partial charge in [0.2, 0.25) is 0 Å². The Labute approximate surface area is 120 Å². The lowest BCUT2D eigenvalue weighted by Gasteiger charge is -2.41. The molecular weight excluding hydrogens is 232 g/mol. The SMILES string of the molecule is CC1CCC(CN)C(N2CCCC(C(C)C)CC2)C1. The molecule has 0 bridgehead atoms. The van der Waals surface area contributed by atoms with E-state index in [2.05, 4.69) is 25.7 Å². The van der Waals surface area contributed by atoms with Crippen molar-refractivity contribution in [3.63, 3.8) is 0 Å². The van der Waals surface area contributed by atoms with Gasteiger partial charge in [0.15, 0.2) is 0 Å². The number of nitrogens with two attached hydrogens (primary N) is 1. The third kappa shape index (κ3) is 3.95. The molecule has 1 heterocycles. The van der Waals surface area contributed by atoms with Crippen LogP contribution in [0.15, 0.2) is 0 Å². The maximum absolute atomic E-state index is 6.03. The van der Waals surface area contributed by atoms with Gasteiger partial charge in [-0.25, -0.2) is 0 Å². The van der Waals surface area contributed by atoms with Gasteiger partial charge >= 0.3 is 0 Å². The lowest BCUT2D eigenvalue weighted by atomic mass is 9.78. The van der Waals surface area contributed by atoms with Crippen LogP contribution in [0.3, 0.4) is 0 Å². The summed E-state index contributed by atoms with van der Waals surface area (Å²) in [7, 11) is 0. The molecule has 2 heteroatoms. The van der Waals surface area contributed by atoms with Crippen molar-refractivity contribution in [2.24, 2.45) is 29.4 Å². The van der Waals surface area contributed by atoms with Gasteiger partial charge in [0.05, 0.1) is 0 Å². The van der Waals surface area contributed by atoms with Crippen LogP contribution in [-0.4, -0.2) is 30.6 Å². The molecule has 4 unspecified atom stereocenters. The van der Waals surface area contributed by atoms with Crippen molar-refractivity contribution in [3.05, 3.63) is 0 Å². The van der Waals surface area contributed by atoms with Crippen LogP contribution >= 0.6 is 0 Å². The zero-order valence-electron chi connectivity index (χ0n) is 13.3. The van der Waals surface area contributed by atoms with Crippen molar-refractivity contribution < 1.29 is 0 Å². The summed E-state index contributed by atoms with van der Waals surface area (Å²) in [5.74, 6) is 3.46. The normalized spacial score (nSPS) is 38.4. The van der Waals surface area contributed by atoms with Crippen LogP contribution in [0.1, 0.15) is 59.3 Å². The summed E-state index contributed by atoms with van der Waals surface area (Å²) in [5, 5.41) is 0. The van der Waals surface area contributed by atoms with E-state index < -0.39 is 0 Å². The van der Waals surface area contributed by atoms with E-state index in [4.69, 9.17) is 5.73 Å². The summed E-state index contributed by atoms with van der Waals surface area (Å²) in [5.41, 5.74) is 6.03. The average Bonchev–Trinajstić information content (AvgIpc) is 2.64. The quantitative estimate of drug-likeness (QED) is 0.847. The van der Waals surface area contributed by atoms with Crippen LogP contribution in [-0.2, 0) is 0 Å². The highest BCUT2D eigenvalue weighted by Crippen LogP contribution is 2.34. The molecule has 0 aromatic heterocycles. The molecule has 19 heavy (non-hydrogen) atoms. The Balaban J connectivity index is 1.95. The molecule has 0 radical (unpaired) electrons. The first kappa shape index (κ1) is 15.3. The fraction of sp³-hybridized carbons (Fsp3) is 1.00. The molecule has 4 atom stereocenters. The largest absolute Gasteiger partial charge is 0.330 e. The zero-order chi connectivity index (χ0) is 13.8. The lowest BCUT2D eigenvalue weighted by Crippen LogP contribution is -2.47. The van der Waals surface area contributed by atoms with Crippen LogP contribution < -0.4 is 5.73 Å². The minimum atomic E-state index is 0.756. The van der Waals surface area contributed by atoms with E-state index in [1.165, 1.54) is 51.6 Å². The lowest BCUT2D eigenvalue weighted by molar-refractivity contribution is 0.0873. The molecule has 1 saturated heterocycles. The number of hydrogen-bond donors (Lipinski definition) is 1. The maximum atomic E-state index is 6.03.